The fraction of sp³-hybridized carbons (Fsp3) is 0.925. The van der Waals surface area contributed by atoms with Gasteiger partial charge in [0, 0.05) is 74.7 Å². The number of carbonyl (C=O) groups is 3. The quantitative estimate of drug-likeness (QED) is 0.0243. The zero-order valence-corrected chi connectivity index (χ0v) is 56.4. The number of ketones is 3. The minimum Gasteiger partial charge on any atom is -0.353 e. The van der Waals surface area contributed by atoms with Gasteiger partial charge in [-0.3, -0.25) is 24.4 Å². The van der Waals surface area contributed by atoms with E-state index in [2.05, 4.69) is 166 Å². The van der Waals surface area contributed by atoms with Gasteiger partial charge >= 0.3 is 0 Å². The van der Waals surface area contributed by atoms with E-state index in [1.807, 2.05) is 53.7 Å². The van der Waals surface area contributed by atoms with Crippen molar-refractivity contribution in [1.29, 1.82) is 0 Å². The van der Waals surface area contributed by atoms with Crippen LogP contribution in [0, 0.1) is 94.7 Å². The van der Waals surface area contributed by atoms with Crippen LogP contribution in [0.25, 0.3) is 0 Å². The first-order valence-corrected chi connectivity index (χ1v) is 28.5. The third kappa shape index (κ3) is 60.3. The molecule has 9 nitrogen and oxygen atoms in total. The molecule has 478 valence electrons. The van der Waals surface area contributed by atoms with E-state index in [4.69, 9.17) is 31.7 Å². The van der Waals surface area contributed by atoms with Crippen molar-refractivity contribution in [3.8, 4) is 0 Å². The smallest absolute Gasteiger partial charge is 0.208 e. The maximum atomic E-state index is 10.9. The molecule has 0 heterocycles. The van der Waals surface area contributed by atoms with Crippen LogP contribution in [0.15, 0.2) is 0 Å². The molecule has 0 fully saturated rings. The van der Waals surface area contributed by atoms with Crippen LogP contribution in [0.1, 0.15) is 273 Å². The van der Waals surface area contributed by atoms with Crippen molar-refractivity contribution in [2.75, 3.05) is 28.3 Å². The van der Waals surface area contributed by atoms with E-state index in [0.29, 0.717) is 47.3 Å². The lowest BCUT2D eigenvalue weighted by Crippen LogP contribution is -2.44. The standard InChI is InChI=1S/C9H20O2.C8H18NO.C8H14O2.2C8H18.C7H17NO.C7H14O.C7H14S.5CH4/c1-7(2)9(10-5,11-6)8(3)4;1-6(2)8(7(3)4)9(5)10;1-5(2)7(9)8(10)6(3)4;2*1-6(2)8(5)7(3)4;1-6(2)8(5)9-7(3)4;2*1-5(2)7(8)6(3)4;;;;;/h7-8H,1-6H3;6-7,10H,1-5H3;5-6H,1-4H3;2*6-8H,1-5H3;6-7H,1-5H3;2*5-6H,1-4H3;5*1H4/q;+1;;;;;;;;;;;. The van der Waals surface area contributed by atoms with Gasteiger partial charge in [-0.25, -0.2) is 0 Å². The summed E-state index contributed by atoms with van der Waals surface area (Å²) in [5.41, 5.74) is 1.08. The number of ether oxygens (including phenoxy) is 2. The third-order valence-electron chi connectivity index (χ3n) is 12.7. The molecule has 0 amide bonds. The van der Waals surface area contributed by atoms with Crippen molar-refractivity contribution < 1.29 is 38.6 Å². The topological polar surface area (TPSA) is 105 Å². The first-order chi connectivity index (χ1) is 32.2. The number of carbonyl (C=O) groups excluding carboxylic acids is 3. The van der Waals surface area contributed by atoms with Crippen LogP contribution in [0.5, 0.6) is 0 Å². The second-order valence-corrected chi connectivity index (χ2v) is 25.1. The van der Waals surface area contributed by atoms with Crippen molar-refractivity contribution in [2.45, 2.75) is 290 Å². The zero-order valence-electron chi connectivity index (χ0n) is 55.6. The van der Waals surface area contributed by atoms with Crippen molar-refractivity contribution in [3.05, 3.63) is 0 Å². The van der Waals surface area contributed by atoms with Crippen LogP contribution in [0.2, 0.25) is 0 Å². The molecule has 0 aliphatic rings. The molecule has 0 rings (SSSR count). The minimum absolute atomic E-state index is 0. The Morgan fingerprint density at radius 2 is 0.662 bits per heavy atom. The Morgan fingerprint density at radius 3 is 0.688 bits per heavy atom. The van der Waals surface area contributed by atoms with Gasteiger partial charge in [0.25, 0.3) is 0 Å². The normalized spacial score (nSPS) is 10.8. The highest BCUT2D eigenvalue weighted by atomic mass is 32.1. The van der Waals surface area contributed by atoms with Crippen LogP contribution in [-0.4, -0.2) is 89.2 Å². The Morgan fingerprint density at radius 1 is 0.429 bits per heavy atom. The number of nitrogens with zero attached hydrogens (tertiary/aromatic N) is 2. The van der Waals surface area contributed by atoms with Crippen LogP contribution in [0.3, 0.4) is 0 Å². The second kappa shape index (κ2) is 59.0. The van der Waals surface area contributed by atoms with Gasteiger partial charge in [0.1, 0.15) is 5.78 Å². The highest BCUT2D eigenvalue weighted by molar-refractivity contribution is 7.80. The molecule has 1 N–H and O–H groups in total. The van der Waals surface area contributed by atoms with Gasteiger partial charge in [-0.2, -0.15) is 5.06 Å². The summed E-state index contributed by atoms with van der Waals surface area (Å²) in [5, 5.41) is 11.0. The molecule has 0 aromatic carbocycles. The summed E-state index contributed by atoms with van der Waals surface area (Å²) in [6.07, 6.45) is 0.289. The number of hydroxylamine groups is 3. The van der Waals surface area contributed by atoms with Crippen LogP contribution in [0.4, 0.5) is 0 Å². The fourth-order valence-corrected chi connectivity index (χ4v) is 7.00. The Balaban J connectivity index is -0.0000000549. The van der Waals surface area contributed by atoms with E-state index in [-0.39, 0.29) is 78.5 Å². The number of thiocarbonyl (C=S) groups is 1. The Labute approximate surface area is 495 Å². The number of rotatable bonds is 20. The molecule has 0 saturated carbocycles. The SMILES string of the molecule is C.C.C.C.C.CC(C)C(=O)C(=O)C(C)C.CC(C)C(=O)C(C)C.CC(C)C(=S)C(C)C.CC(C)C(C(C)C)=[N+](C)O.CC(C)C(C)C(C)C.CC(C)C(C)C(C)C.CC(C)ON(C)C(C)C.COC(OC)(C(C)C)C(C)C. The van der Waals surface area contributed by atoms with Crippen molar-refractivity contribution in [3.63, 3.8) is 0 Å². The van der Waals surface area contributed by atoms with Gasteiger partial charge in [-0.1, -0.05) is 257 Å². The summed E-state index contributed by atoms with van der Waals surface area (Å²) >= 11 is 5.10. The summed E-state index contributed by atoms with van der Waals surface area (Å²) in [7, 11) is 7.02. The lowest BCUT2D eigenvalue weighted by Gasteiger charge is -2.38. The molecule has 0 bridgehead atoms. The summed E-state index contributed by atoms with van der Waals surface area (Å²) in [5.74, 6) is 7.37. The number of methoxy groups -OCH3 is 2. The number of hydrogen-bond acceptors (Lipinski definition) is 9. The molecule has 0 aliphatic carbocycles. The molecule has 0 radical (unpaired) electrons. The lowest BCUT2D eigenvalue weighted by molar-refractivity contribution is -0.757. The lowest BCUT2D eigenvalue weighted by atomic mass is 9.88. The van der Waals surface area contributed by atoms with Crippen LogP contribution >= 0.6 is 12.2 Å². The predicted molar refractivity (Wildman–Crippen MR) is 356 cm³/mol. The van der Waals surface area contributed by atoms with E-state index in [9.17, 15) is 14.4 Å². The molecule has 0 spiro atoms. The largest absolute Gasteiger partial charge is 0.353 e. The highest BCUT2D eigenvalue weighted by Gasteiger charge is 2.37. The molecule has 0 aliphatic heterocycles. The maximum absolute atomic E-state index is 10.9. The Bertz CT molecular complexity index is 1220. The van der Waals surface area contributed by atoms with Crippen LogP contribution < -0.4 is 0 Å². The molecule has 10 heteroatoms. The average Bonchev–Trinajstić information content (AvgIpc) is 3.22. The van der Waals surface area contributed by atoms with Gasteiger partial charge in [0.05, 0.1) is 6.10 Å². The van der Waals surface area contributed by atoms with Gasteiger partial charge < -0.3 is 9.47 Å². The van der Waals surface area contributed by atoms with Gasteiger partial charge in [-0.05, 0) is 84.6 Å². The Hall–Kier alpha value is -1.59. The van der Waals surface area contributed by atoms with Crippen molar-refractivity contribution in [2.24, 2.45) is 94.7 Å². The summed E-state index contributed by atoms with van der Waals surface area (Å²) in [4.78, 5) is 39.2. The average molecular weight is 1130 g/mol. The van der Waals surface area contributed by atoms with Crippen molar-refractivity contribution >= 4 is 40.1 Å². The van der Waals surface area contributed by atoms with E-state index >= 15 is 0 Å². The zero-order chi connectivity index (χ0) is 60.1. The molecular weight excluding hydrogens is 977 g/mol. The minimum atomic E-state index is -0.417. The summed E-state index contributed by atoms with van der Waals surface area (Å²) in [6, 6.07) is 0.465. The molecular formula is C67H153N2O7S+. The Kier molecular flexibility index (Phi) is 82.2. The number of Topliss-reactive ketones (excluding diaryl/α,β-unsaturated/α-hetero) is 3. The summed E-state index contributed by atoms with van der Waals surface area (Å²) < 4.78 is 12.0. The van der Waals surface area contributed by atoms with Gasteiger partial charge in [0.2, 0.25) is 17.3 Å². The molecule has 0 aromatic heterocycles. The molecule has 0 atom stereocenters. The molecule has 0 unspecified atom stereocenters. The van der Waals surface area contributed by atoms with E-state index in [1.165, 1.54) is 9.60 Å². The van der Waals surface area contributed by atoms with E-state index in [0.717, 1.165) is 41.2 Å². The second-order valence-electron chi connectivity index (χ2n) is 24.6. The van der Waals surface area contributed by atoms with Crippen molar-refractivity contribution in [1.82, 2.24) is 5.06 Å². The van der Waals surface area contributed by atoms with Crippen LogP contribution in [-0.2, 0) is 28.7 Å². The third-order valence-corrected chi connectivity index (χ3v) is 13.6. The van der Waals surface area contributed by atoms with E-state index < -0.39 is 5.79 Å². The fourth-order valence-electron chi connectivity index (χ4n) is 7.00. The maximum Gasteiger partial charge on any atom is 0.208 e. The van der Waals surface area contributed by atoms with Gasteiger partial charge in [-0.15, -0.1) is 0 Å². The van der Waals surface area contributed by atoms with Gasteiger partial charge in [0.15, 0.2) is 12.8 Å². The first-order valence-electron chi connectivity index (χ1n) is 28.1. The molecule has 0 aromatic rings. The highest BCUT2D eigenvalue weighted by Crippen LogP contribution is 2.30. The predicted octanol–water partition coefficient (Wildman–Crippen LogP) is 20.7. The van der Waals surface area contributed by atoms with E-state index in [1.54, 1.807) is 49.0 Å². The summed E-state index contributed by atoms with van der Waals surface area (Å²) in [6.45, 7) is 71.2. The first kappa shape index (κ1) is 107. The molecule has 0 saturated heterocycles. The number of hydrogen-bond donors (Lipinski definition) is 1. The monoisotopic (exact) mass is 1130 g/mol. The molecule has 77 heavy (non-hydrogen) atoms.